The summed E-state index contributed by atoms with van der Waals surface area (Å²) in [7, 11) is 0. The zero-order chi connectivity index (χ0) is 9.10. The first kappa shape index (κ1) is 8.25. The molecule has 0 aromatic carbocycles. The summed E-state index contributed by atoms with van der Waals surface area (Å²) in [6.45, 7) is 2.64. The van der Waals surface area contributed by atoms with Crippen molar-refractivity contribution in [2.75, 3.05) is 5.32 Å². The van der Waals surface area contributed by atoms with Gasteiger partial charge in [-0.2, -0.15) is 0 Å². The van der Waals surface area contributed by atoms with Crippen molar-refractivity contribution in [1.82, 2.24) is 10.1 Å². The van der Waals surface area contributed by atoms with E-state index in [0.29, 0.717) is 6.54 Å². The third kappa shape index (κ3) is 1.86. The predicted molar refractivity (Wildman–Crippen MR) is 50.7 cm³/mol. The number of nitrogens with one attached hydrogen (secondary N) is 1. The molecule has 0 atom stereocenters. The van der Waals surface area contributed by atoms with Crippen molar-refractivity contribution >= 4 is 17.2 Å². The zero-order valence-electron chi connectivity index (χ0n) is 7.15. The van der Waals surface area contributed by atoms with E-state index in [1.165, 1.54) is 0 Å². The van der Waals surface area contributed by atoms with Gasteiger partial charge in [-0.3, -0.25) is 0 Å². The average molecular weight is 195 g/mol. The first-order chi connectivity index (χ1) is 6.36. The predicted octanol–water partition coefficient (Wildman–Crippen LogP) is 2.05. The molecule has 68 valence electrons. The monoisotopic (exact) mass is 195 g/mol. The second-order valence-corrected chi connectivity index (χ2v) is 3.40. The molecule has 2 heterocycles. The molecule has 0 fully saturated rings. The van der Waals surface area contributed by atoms with Crippen LogP contribution in [0.15, 0.2) is 21.7 Å². The van der Waals surface area contributed by atoms with Gasteiger partial charge in [-0.15, -0.1) is 11.3 Å². The molecule has 0 aliphatic carbocycles. The molecule has 2 rings (SSSR count). The molecule has 1 N–H and O–H groups in total. The number of nitrogens with zero attached hydrogens (tertiary/aromatic N) is 2. The summed E-state index contributed by atoms with van der Waals surface area (Å²) in [4.78, 5) is 4.14. The Hall–Kier alpha value is -1.36. The minimum absolute atomic E-state index is 0.691. The first-order valence-electron chi connectivity index (χ1n) is 3.88. The van der Waals surface area contributed by atoms with Crippen LogP contribution in [-0.4, -0.2) is 10.1 Å². The van der Waals surface area contributed by atoms with Crippen LogP contribution in [-0.2, 0) is 6.54 Å². The number of hydrogen-bond acceptors (Lipinski definition) is 5. The van der Waals surface area contributed by atoms with E-state index >= 15 is 0 Å². The highest BCUT2D eigenvalue weighted by Crippen LogP contribution is 2.12. The van der Waals surface area contributed by atoms with E-state index in [0.717, 1.165) is 17.1 Å². The lowest BCUT2D eigenvalue weighted by molar-refractivity contribution is 0.421. The SMILES string of the molecule is Cc1conc1NCc1cscn1. The Balaban J connectivity index is 1.97. The van der Waals surface area contributed by atoms with Crippen molar-refractivity contribution < 1.29 is 4.52 Å². The third-order valence-corrected chi connectivity index (χ3v) is 2.30. The third-order valence-electron chi connectivity index (χ3n) is 1.67. The van der Waals surface area contributed by atoms with E-state index in [-0.39, 0.29) is 0 Å². The van der Waals surface area contributed by atoms with Crippen LogP contribution < -0.4 is 5.32 Å². The van der Waals surface area contributed by atoms with Crippen LogP contribution in [0.3, 0.4) is 0 Å². The summed E-state index contributed by atoms with van der Waals surface area (Å²) in [6.07, 6.45) is 1.61. The molecule has 13 heavy (non-hydrogen) atoms. The highest BCUT2D eigenvalue weighted by Gasteiger charge is 2.02. The fourth-order valence-corrected chi connectivity index (χ4v) is 1.52. The number of hydrogen-bond donors (Lipinski definition) is 1. The van der Waals surface area contributed by atoms with Gasteiger partial charge < -0.3 is 9.84 Å². The molecule has 0 aliphatic heterocycles. The molecule has 0 spiro atoms. The molecule has 2 aromatic heterocycles. The second kappa shape index (κ2) is 3.57. The maximum atomic E-state index is 4.78. The number of rotatable bonds is 3. The maximum absolute atomic E-state index is 4.78. The van der Waals surface area contributed by atoms with Gasteiger partial charge >= 0.3 is 0 Å². The van der Waals surface area contributed by atoms with E-state index in [9.17, 15) is 0 Å². The van der Waals surface area contributed by atoms with Crippen molar-refractivity contribution in [2.45, 2.75) is 13.5 Å². The summed E-state index contributed by atoms with van der Waals surface area (Å²) in [6, 6.07) is 0. The topological polar surface area (TPSA) is 51.0 Å². The molecule has 2 aromatic rings. The van der Waals surface area contributed by atoms with Crippen LogP contribution in [0.1, 0.15) is 11.3 Å². The standard InChI is InChI=1S/C8H9N3OS/c1-6-3-12-11-8(6)9-2-7-4-13-5-10-7/h3-5H,2H2,1H3,(H,9,11). The average Bonchev–Trinajstić information content (AvgIpc) is 2.72. The van der Waals surface area contributed by atoms with Gasteiger partial charge in [0.05, 0.1) is 17.7 Å². The minimum Gasteiger partial charge on any atom is -0.362 e. The van der Waals surface area contributed by atoms with Gasteiger partial charge in [0.1, 0.15) is 6.26 Å². The molecule has 0 saturated heterocycles. The lowest BCUT2D eigenvalue weighted by Gasteiger charge is -1.98. The minimum atomic E-state index is 0.691. The van der Waals surface area contributed by atoms with E-state index in [1.54, 1.807) is 17.6 Å². The quantitative estimate of drug-likeness (QED) is 0.814. The molecule has 4 nitrogen and oxygen atoms in total. The van der Waals surface area contributed by atoms with Crippen molar-refractivity contribution in [1.29, 1.82) is 0 Å². The molecule has 0 amide bonds. The van der Waals surface area contributed by atoms with Gasteiger partial charge in [-0.25, -0.2) is 4.98 Å². The molecular weight excluding hydrogens is 186 g/mol. The van der Waals surface area contributed by atoms with E-state index in [4.69, 9.17) is 4.52 Å². The van der Waals surface area contributed by atoms with E-state index < -0.39 is 0 Å². The normalized spacial score (nSPS) is 10.2. The van der Waals surface area contributed by atoms with Gasteiger partial charge in [-0.1, -0.05) is 5.16 Å². The zero-order valence-corrected chi connectivity index (χ0v) is 7.97. The van der Waals surface area contributed by atoms with Crippen LogP contribution >= 0.6 is 11.3 Å². The Morgan fingerprint density at radius 1 is 1.62 bits per heavy atom. The van der Waals surface area contributed by atoms with Gasteiger partial charge in [-0.05, 0) is 6.92 Å². The lowest BCUT2D eigenvalue weighted by Crippen LogP contribution is -2.00. The van der Waals surface area contributed by atoms with Gasteiger partial charge in [0.2, 0.25) is 0 Å². The summed E-state index contributed by atoms with van der Waals surface area (Å²) in [5.41, 5.74) is 3.84. The largest absolute Gasteiger partial charge is 0.362 e. The molecule has 0 bridgehead atoms. The Kier molecular flexibility index (Phi) is 2.27. The molecule has 0 unspecified atom stereocenters. The highest BCUT2D eigenvalue weighted by atomic mass is 32.1. The van der Waals surface area contributed by atoms with Gasteiger partial charge in [0.25, 0.3) is 0 Å². The van der Waals surface area contributed by atoms with Crippen molar-refractivity contribution in [3.05, 3.63) is 28.4 Å². The first-order valence-corrected chi connectivity index (χ1v) is 4.82. The fourth-order valence-electron chi connectivity index (χ4n) is 0.957. The lowest BCUT2D eigenvalue weighted by atomic mass is 10.4. The van der Waals surface area contributed by atoms with E-state index in [1.807, 2.05) is 17.8 Å². The summed E-state index contributed by atoms with van der Waals surface area (Å²) < 4.78 is 4.78. The van der Waals surface area contributed by atoms with Gasteiger partial charge in [0.15, 0.2) is 5.82 Å². The molecular formula is C8H9N3OS. The van der Waals surface area contributed by atoms with Crippen LogP contribution in [0.25, 0.3) is 0 Å². The second-order valence-electron chi connectivity index (χ2n) is 2.68. The molecule has 0 radical (unpaired) electrons. The van der Waals surface area contributed by atoms with Crippen LogP contribution in [0, 0.1) is 6.92 Å². The number of thiazole rings is 1. The van der Waals surface area contributed by atoms with Crippen molar-refractivity contribution in [3.63, 3.8) is 0 Å². The van der Waals surface area contributed by atoms with Crippen molar-refractivity contribution in [2.24, 2.45) is 0 Å². The van der Waals surface area contributed by atoms with Crippen LogP contribution in [0.5, 0.6) is 0 Å². The van der Waals surface area contributed by atoms with Crippen molar-refractivity contribution in [3.8, 4) is 0 Å². The number of anilines is 1. The van der Waals surface area contributed by atoms with Gasteiger partial charge in [0, 0.05) is 10.9 Å². The van der Waals surface area contributed by atoms with Crippen LogP contribution in [0.2, 0.25) is 0 Å². The van der Waals surface area contributed by atoms with E-state index in [2.05, 4.69) is 15.5 Å². The Bertz CT molecular complexity index is 368. The molecule has 0 aliphatic rings. The highest BCUT2D eigenvalue weighted by molar-refractivity contribution is 7.07. The Labute approximate surface area is 79.6 Å². The molecule has 0 saturated carbocycles. The number of aryl methyl sites for hydroxylation is 1. The Morgan fingerprint density at radius 3 is 3.15 bits per heavy atom. The van der Waals surface area contributed by atoms with Crippen LogP contribution in [0.4, 0.5) is 5.82 Å². The molecule has 5 heteroatoms. The smallest absolute Gasteiger partial charge is 0.172 e. The number of aromatic nitrogens is 2. The summed E-state index contributed by atoms with van der Waals surface area (Å²) >= 11 is 1.59. The summed E-state index contributed by atoms with van der Waals surface area (Å²) in [5, 5.41) is 8.94. The Morgan fingerprint density at radius 2 is 2.54 bits per heavy atom. The maximum Gasteiger partial charge on any atom is 0.172 e. The fraction of sp³-hybridized carbons (Fsp3) is 0.250. The summed E-state index contributed by atoms with van der Waals surface area (Å²) in [5.74, 6) is 0.785.